The maximum atomic E-state index is 9.87. The first kappa shape index (κ1) is 31.7. The summed E-state index contributed by atoms with van der Waals surface area (Å²) < 4.78 is 4.53. The molecular weight excluding hydrogens is 687 g/mol. The van der Waals surface area contributed by atoms with E-state index in [1.54, 1.807) is 34.8 Å². The third-order valence-corrected chi connectivity index (χ3v) is 11.9. The number of nitriles is 4. The number of rotatable bonds is 5. The van der Waals surface area contributed by atoms with E-state index >= 15 is 0 Å². The molecule has 0 fully saturated rings. The Morgan fingerprint density at radius 1 is 0.340 bits per heavy atom. The fourth-order valence-electron chi connectivity index (χ4n) is 6.97. The fourth-order valence-corrected chi connectivity index (χ4v) is 9.34. The van der Waals surface area contributed by atoms with Gasteiger partial charge in [-0.25, -0.2) is 0 Å². The van der Waals surface area contributed by atoms with E-state index in [9.17, 15) is 21.0 Å². The lowest BCUT2D eigenvalue weighted by molar-refractivity contribution is 1.27. The Morgan fingerprint density at radius 3 is 1.17 bits per heavy atom. The van der Waals surface area contributed by atoms with Gasteiger partial charge in [-0.1, -0.05) is 60.7 Å². The van der Waals surface area contributed by atoms with Gasteiger partial charge in [-0.05, 0) is 101 Å². The molecule has 9 aromatic rings. The standard InChI is InChI=1S/C46H23N5S2/c47-24-28-1-15-39-41-17-8-32(22-45(41)52-43(39)19-28)30-3-10-36(11-4-30)51(38-14-7-34(26-49)35(21-38)27-50)37-12-5-31(6-13-37)33-9-18-42-40-16-2-29(25-48)20-44(40)53-46(42)23-33/h1-23H. The second kappa shape index (κ2) is 12.8. The molecule has 0 amide bonds. The Kier molecular flexibility index (Phi) is 7.66. The van der Waals surface area contributed by atoms with Crippen molar-refractivity contribution in [1.82, 2.24) is 0 Å². The van der Waals surface area contributed by atoms with E-state index in [4.69, 9.17) is 0 Å². The monoisotopic (exact) mass is 709 g/mol. The van der Waals surface area contributed by atoms with Crippen molar-refractivity contribution in [2.45, 2.75) is 0 Å². The molecule has 0 radical (unpaired) electrons. The maximum Gasteiger partial charge on any atom is 0.101 e. The first-order chi connectivity index (χ1) is 26.0. The molecule has 0 atom stereocenters. The molecule has 0 spiro atoms. The summed E-state index contributed by atoms with van der Waals surface area (Å²) in [6.45, 7) is 0. The van der Waals surface area contributed by atoms with Crippen LogP contribution in [0.5, 0.6) is 0 Å². The van der Waals surface area contributed by atoms with Crippen molar-refractivity contribution in [1.29, 1.82) is 21.0 Å². The van der Waals surface area contributed by atoms with Crippen molar-refractivity contribution in [3.05, 3.63) is 162 Å². The summed E-state index contributed by atoms with van der Waals surface area (Å²) in [6, 6.07) is 55.6. The molecule has 53 heavy (non-hydrogen) atoms. The second-order valence-electron chi connectivity index (χ2n) is 12.7. The van der Waals surface area contributed by atoms with Crippen LogP contribution in [-0.2, 0) is 0 Å². The van der Waals surface area contributed by atoms with Crippen LogP contribution in [0.2, 0.25) is 0 Å². The summed E-state index contributed by atoms with van der Waals surface area (Å²) in [5.41, 5.74) is 8.89. The first-order valence-electron chi connectivity index (χ1n) is 16.7. The Bertz CT molecular complexity index is 2930. The Hall–Kier alpha value is -7.26. The van der Waals surface area contributed by atoms with Crippen molar-refractivity contribution in [2.24, 2.45) is 0 Å². The predicted octanol–water partition coefficient (Wildman–Crippen LogP) is 12.7. The van der Waals surface area contributed by atoms with Gasteiger partial charge >= 0.3 is 0 Å². The van der Waals surface area contributed by atoms with Crippen LogP contribution in [0.3, 0.4) is 0 Å². The molecule has 2 aromatic heterocycles. The summed E-state index contributed by atoms with van der Waals surface area (Å²) in [7, 11) is 0. The Labute approximate surface area is 312 Å². The van der Waals surface area contributed by atoms with E-state index in [0.29, 0.717) is 22.3 Å². The van der Waals surface area contributed by atoms with Crippen LogP contribution in [0.15, 0.2) is 140 Å². The molecule has 2 heterocycles. The quantitative estimate of drug-likeness (QED) is 0.177. The van der Waals surface area contributed by atoms with Crippen molar-refractivity contribution in [3.63, 3.8) is 0 Å². The van der Waals surface area contributed by atoms with Crippen molar-refractivity contribution < 1.29 is 0 Å². The molecule has 0 bridgehead atoms. The second-order valence-corrected chi connectivity index (χ2v) is 14.8. The zero-order valence-corrected chi connectivity index (χ0v) is 29.5. The fraction of sp³-hybridized carbons (Fsp3) is 0. The molecule has 0 saturated carbocycles. The van der Waals surface area contributed by atoms with Crippen LogP contribution in [0.25, 0.3) is 62.6 Å². The molecule has 9 rings (SSSR count). The minimum absolute atomic E-state index is 0.320. The minimum atomic E-state index is 0.320. The Morgan fingerprint density at radius 2 is 0.736 bits per heavy atom. The molecule has 7 heteroatoms. The molecular formula is C46H23N5S2. The summed E-state index contributed by atoms with van der Waals surface area (Å²) in [5.74, 6) is 0. The van der Waals surface area contributed by atoms with Gasteiger partial charge in [-0.3, -0.25) is 0 Å². The molecule has 7 aromatic carbocycles. The first-order valence-corrected chi connectivity index (χ1v) is 18.3. The lowest BCUT2D eigenvalue weighted by Gasteiger charge is -2.26. The van der Waals surface area contributed by atoms with Crippen LogP contribution >= 0.6 is 22.7 Å². The largest absolute Gasteiger partial charge is 0.310 e. The smallest absolute Gasteiger partial charge is 0.101 e. The van der Waals surface area contributed by atoms with Crippen LogP contribution < -0.4 is 4.90 Å². The number of anilines is 3. The number of fused-ring (bicyclic) bond motifs is 6. The van der Waals surface area contributed by atoms with Crippen LogP contribution in [-0.4, -0.2) is 0 Å². The molecule has 5 nitrogen and oxygen atoms in total. The lowest BCUT2D eigenvalue weighted by Crippen LogP contribution is -2.10. The van der Waals surface area contributed by atoms with Crippen molar-refractivity contribution in [3.8, 4) is 46.5 Å². The number of hydrogen-bond acceptors (Lipinski definition) is 7. The van der Waals surface area contributed by atoms with E-state index in [1.165, 1.54) is 20.2 Å². The molecule has 244 valence electrons. The molecule has 0 aliphatic rings. The lowest BCUT2D eigenvalue weighted by atomic mass is 10.0. The SMILES string of the molecule is N#Cc1ccc2c(c1)sc1cc(-c3ccc(N(c4ccc(-c5ccc6c(c5)sc5cc(C#N)ccc56)cc4)c4ccc(C#N)c(C#N)c4)cc3)ccc12. The number of benzene rings is 7. The topological polar surface area (TPSA) is 98.4 Å². The van der Waals surface area contributed by atoms with Crippen LogP contribution in [0.1, 0.15) is 22.3 Å². The van der Waals surface area contributed by atoms with Gasteiger partial charge in [-0.15, -0.1) is 22.7 Å². The van der Waals surface area contributed by atoms with Crippen LogP contribution in [0.4, 0.5) is 17.1 Å². The highest BCUT2D eigenvalue weighted by molar-refractivity contribution is 7.26. The minimum Gasteiger partial charge on any atom is -0.310 e. The van der Waals surface area contributed by atoms with Gasteiger partial charge < -0.3 is 4.90 Å². The summed E-state index contributed by atoms with van der Waals surface area (Å²) in [6.07, 6.45) is 0. The van der Waals surface area contributed by atoms with E-state index in [2.05, 4.69) is 114 Å². The van der Waals surface area contributed by atoms with E-state index < -0.39 is 0 Å². The van der Waals surface area contributed by atoms with Gasteiger partial charge in [0.2, 0.25) is 0 Å². The third kappa shape index (κ3) is 5.51. The number of hydrogen-bond donors (Lipinski definition) is 0. The van der Waals surface area contributed by atoms with Gasteiger partial charge in [0.25, 0.3) is 0 Å². The van der Waals surface area contributed by atoms with Gasteiger partial charge in [0.15, 0.2) is 0 Å². The zero-order valence-electron chi connectivity index (χ0n) is 27.8. The van der Waals surface area contributed by atoms with Gasteiger partial charge in [0.05, 0.1) is 34.4 Å². The van der Waals surface area contributed by atoms with E-state index in [1.807, 2.05) is 42.5 Å². The molecule has 0 aliphatic heterocycles. The van der Waals surface area contributed by atoms with E-state index in [0.717, 1.165) is 59.5 Å². The van der Waals surface area contributed by atoms with Gasteiger partial charge in [0.1, 0.15) is 12.1 Å². The zero-order chi connectivity index (χ0) is 36.1. The normalized spacial score (nSPS) is 10.9. The van der Waals surface area contributed by atoms with E-state index in [-0.39, 0.29) is 0 Å². The predicted molar refractivity (Wildman–Crippen MR) is 217 cm³/mol. The van der Waals surface area contributed by atoms with Crippen molar-refractivity contribution in [2.75, 3.05) is 4.90 Å². The maximum absolute atomic E-state index is 9.87. The summed E-state index contributed by atoms with van der Waals surface area (Å²) in [4.78, 5) is 2.10. The van der Waals surface area contributed by atoms with Crippen LogP contribution in [0, 0.1) is 45.3 Å². The molecule has 0 unspecified atom stereocenters. The molecule has 0 saturated heterocycles. The highest BCUT2D eigenvalue weighted by atomic mass is 32.1. The number of thiophene rings is 2. The average molecular weight is 710 g/mol. The summed E-state index contributed by atoms with van der Waals surface area (Å²) >= 11 is 3.38. The third-order valence-electron chi connectivity index (χ3n) is 9.62. The summed E-state index contributed by atoms with van der Waals surface area (Å²) in [5, 5.41) is 42.9. The Balaban J connectivity index is 1.08. The van der Waals surface area contributed by atoms with Gasteiger partial charge in [-0.2, -0.15) is 21.0 Å². The molecule has 0 aliphatic carbocycles. The van der Waals surface area contributed by atoms with Crippen molar-refractivity contribution >= 4 is 80.1 Å². The van der Waals surface area contributed by atoms with Gasteiger partial charge in [0, 0.05) is 57.4 Å². The average Bonchev–Trinajstić information content (AvgIpc) is 3.77. The number of nitrogens with zero attached hydrogens (tertiary/aromatic N) is 5. The molecule has 0 N–H and O–H groups in total. The highest BCUT2D eigenvalue weighted by Gasteiger charge is 2.16. The highest BCUT2D eigenvalue weighted by Crippen LogP contribution is 2.41.